The summed E-state index contributed by atoms with van der Waals surface area (Å²) < 4.78 is 5.85. The Bertz CT molecular complexity index is 173. The van der Waals surface area contributed by atoms with Crippen LogP contribution in [0.15, 0.2) is 0 Å². The first-order chi connectivity index (χ1) is 6.83. The normalized spacial score (nSPS) is 34.7. The van der Waals surface area contributed by atoms with E-state index in [2.05, 4.69) is 19.2 Å². The first-order valence-corrected chi connectivity index (χ1v) is 6.18. The quantitative estimate of drug-likeness (QED) is 0.747. The monoisotopic (exact) mass is 197 g/mol. The summed E-state index contributed by atoms with van der Waals surface area (Å²) in [6, 6.07) is 0.742. The zero-order chi connectivity index (χ0) is 10.0. The fraction of sp³-hybridized carbons (Fsp3) is 1.00. The molecule has 0 radical (unpaired) electrons. The Hall–Kier alpha value is -0.0800. The molecule has 0 aromatic carbocycles. The van der Waals surface area contributed by atoms with Crippen molar-refractivity contribution in [1.29, 1.82) is 0 Å². The number of hydrogen-bond acceptors (Lipinski definition) is 2. The summed E-state index contributed by atoms with van der Waals surface area (Å²) in [5, 5.41) is 3.62. The molecule has 2 nitrogen and oxygen atoms in total. The van der Waals surface area contributed by atoms with Crippen molar-refractivity contribution in [1.82, 2.24) is 5.32 Å². The molecule has 2 fully saturated rings. The van der Waals surface area contributed by atoms with Crippen LogP contribution in [0.3, 0.4) is 0 Å². The Morgan fingerprint density at radius 1 is 1.29 bits per heavy atom. The molecule has 2 aliphatic rings. The molecule has 0 aromatic rings. The molecule has 2 unspecified atom stereocenters. The first kappa shape index (κ1) is 10.4. The minimum Gasteiger partial charge on any atom is -0.378 e. The summed E-state index contributed by atoms with van der Waals surface area (Å²) in [6.07, 6.45) is 7.38. The number of ether oxygens (including phenoxy) is 1. The molecular weight excluding hydrogens is 174 g/mol. The lowest BCUT2D eigenvalue weighted by Crippen LogP contribution is -2.62. The molecule has 0 bridgehead atoms. The van der Waals surface area contributed by atoms with Gasteiger partial charge in [0, 0.05) is 18.1 Å². The van der Waals surface area contributed by atoms with Crippen LogP contribution >= 0.6 is 0 Å². The van der Waals surface area contributed by atoms with Gasteiger partial charge in [0.1, 0.15) is 0 Å². The van der Waals surface area contributed by atoms with Crippen LogP contribution in [-0.2, 0) is 4.74 Å². The maximum absolute atomic E-state index is 5.85. The van der Waals surface area contributed by atoms with Gasteiger partial charge < -0.3 is 10.1 Å². The third-order valence-corrected chi connectivity index (χ3v) is 4.14. The number of rotatable bonds is 4. The van der Waals surface area contributed by atoms with Gasteiger partial charge in [-0.25, -0.2) is 0 Å². The van der Waals surface area contributed by atoms with Crippen LogP contribution in [0.5, 0.6) is 0 Å². The van der Waals surface area contributed by atoms with Crippen molar-refractivity contribution in [2.75, 3.05) is 13.2 Å². The lowest BCUT2D eigenvalue weighted by atomic mass is 9.60. The SMILES string of the molecule is CCNC1CC(OCC)C12CCCC2. The van der Waals surface area contributed by atoms with E-state index in [9.17, 15) is 0 Å². The molecule has 2 saturated carbocycles. The van der Waals surface area contributed by atoms with Crippen LogP contribution in [0.2, 0.25) is 0 Å². The maximum atomic E-state index is 5.85. The van der Waals surface area contributed by atoms with Crippen molar-refractivity contribution in [3.05, 3.63) is 0 Å². The van der Waals surface area contributed by atoms with Gasteiger partial charge in [-0.05, 0) is 32.7 Å². The van der Waals surface area contributed by atoms with Gasteiger partial charge in [0.15, 0.2) is 0 Å². The van der Waals surface area contributed by atoms with E-state index < -0.39 is 0 Å². The summed E-state index contributed by atoms with van der Waals surface area (Å²) >= 11 is 0. The summed E-state index contributed by atoms with van der Waals surface area (Å²) in [7, 11) is 0. The van der Waals surface area contributed by atoms with E-state index in [1.54, 1.807) is 0 Å². The minimum absolute atomic E-state index is 0.520. The van der Waals surface area contributed by atoms with Crippen LogP contribution in [0.4, 0.5) is 0 Å². The van der Waals surface area contributed by atoms with Gasteiger partial charge in [-0.15, -0.1) is 0 Å². The summed E-state index contributed by atoms with van der Waals surface area (Å²) in [5.74, 6) is 0. The second-order valence-electron chi connectivity index (χ2n) is 4.73. The fourth-order valence-electron chi connectivity index (χ4n) is 3.42. The Labute approximate surface area is 87.4 Å². The number of hydrogen-bond donors (Lipinski definition) is 1. The van der Waals surface area contributed by atoms with E-state index in [-0.39, 0.29) is 0 Å². The highest BCUT2D eigenvalue weighted by Gasteiger charge is 2.56. The van der Waals surface area contributed by atoms with E-state index in [4.69, 9.17) is 4.74 Å². The van der Waals surface area contributed by atoms with Gasteiger partial charge >= 0.3 is 0 Å². The van der Waals surface area contributed by atoms with E-state index >= 15 is 0 Å². The predicted octanol–water partition coefficient (Wildman–Crippen LogP) is 2.33. The Kier molecular flexibility index (Phi) is 3.13. The van der Waals surface area contributed by atoms with Crippen molar-refractivity contribution < 1.29 is 4.74 Å². The van der Waals surface area contributed by atoms with Gasteiger partial charge in [0.25, 0.3) is 0 Å². The average molecular weight is 197 g/mol. The second-order valence-corrected chi connectivity index (χ2v) is 4.73. The smallest absolute Gasteiger partial charge is 0.0661 e. The van der Waals surface area contributed by atoms with Crippen molar-refractivity contribution in [3.8, 4) is 0 Å². The molecule has 2 rings (SSSR count). The summed E-state index contributed by atoms with van der Waals surface area (Å²) in [6.45, 7) is 6.30. The van der Waals surface area contributed by atoms with E-state index in [0.29, 0.717) is 11.5 Å². The number of nitrogens with one attached hydrogen (secondary N) is 1. The highest BCUT2D eigenvalue weighted by atomic mass is 16.5. The third-order valence-electron chi connectivity index (χ3n) is 4.14. The van der Waals surface area contributed by atoms with Gasteiger partial charge in [0.2, 0.25) is 0 Å². The summed E-state index contributed by atoms with van der Waals surface area (Å²) in [4.78, 5) is 0. The standard InChI is InChI=1S/C12H23NO/c1-3-13-10-9-11(14-4-2)12(10)7-5-6-8-12/h10-11,13H,3-9H2,1-2H3. The molecular formula is C12H23NO. The second kappa shape index (κ2) is 4.19. The fourth-order valence-corrected chi connectivity index (χ4v) is 3.42. The molecule has 0 heterocycles. The minimum atomic E-state index is 0.520. The molecule has 2 atom stereocenters. The molecule has 1 N–H and O–H groups in total. The van der Waals surface area contributed by atoms with Crippen molar-refractivity contribution in [2.45, 2.75) is 58.1 Å². The highest BCUT2D eigenvalue weighted by Crippen LogP contribution is 2.54. The topological polar surface area (TPSA) is 21.3 Å². The van der Waals surface area contributed by atoms with Gasteiger partial charge in [-0.3, -0.25) is 0 Å². The van der Waals surface area contributed by atoms with Crippen molar-refractivity contribution in [3.63, 3.8) is 0 Å². The average Bonchev–Trinajstić information content (AvgIpc) is 2.68. The van der Waals surface area contributed by atoms with Crippen LogP contribution in [0, 0.1) is 5.41 Å². The first-order valence-electron chi connectivity index (χ1n) is 6.18. The van der Waals surface area contributed by atoms with Crippen LogP contribution in [-0.4, -0.2) is 25.3 Å². The molecule has 82 valence electrons. The zero-order valence-corrected chi connectivity index (χ0v) is 9.51. The maximum Gasteiger partial charge on any atom is 0.0661 e. The Balaban J connectivity index is 1.97. The lowest BCUT2D eigenvalue weighted by molar-refractivity contribution is -0.129. The van der Waals surface area contributed by atoms with Crippen LogP contribution in [0.25, 0.3) is 0 Å². The highest BCUT2D eigenvalue weighted by molar-refractivity contribution is 5.09. The molecule has 1 spiro atoms. The molecule has 0 aliphatic heterocycles. The molecule has 0 amide bonds. The Morgan fingerprint density at radius 2 is 2.00 bits per heavy atom. The van der Waals surface area contributed by atoms with Crippen LogP contribution in [0.1, 0.15) is 46.0 Å². The zero-order valence-electron chi connectivity index (χ0n) is 9.51. The Morgan fingerprint density at radius 3 is 2.57 bits per heavy atom. The van der Waals surface area contributed by atoms with Gasteiger partial charge in [-0.2, -0.15) is 0 Å². The van der Waals surface area contributed by atoms with Gasteiger partial charge in [-0.1, -0.05) is 19.8 Å². The molecule has 2 aliphatic carbocycles. The molecule has 2 heteroatoms. The largest absolute Gasteiger partial charge is 0.378 e. The predicted molar refractivity (Wildman–Crippen MR) is 58.4 cm³/mol. The molecule has 0 saturated heterocycles. The molecule has 14 heavy (non-hydrogen) atoms. The van der Waals surface area contributed by atoms with E-state index in [1.807, 2.05) is 0 Å². The van der Waals surface area contributed by atoms with Gasteiger partial charge in [0.05, 0.1) is 6.10 Å². The third kappa shape index (κ3) is 1.49. The molecule has 0 aromatic heterocycles. The van der Waals surface area contributed by atoms with E-state index in [0.717, 1.165) is 19.2 Å². The van der Waals surface area contributed by atoms with Crippen molar-refractivity contribution >= 4 is 0 Å². The van der Waals surface area contributed by atoms with Crippen molar-refractivity contribution in [2.24, 2.45) is 5.41 Å². The lowest BCUT2D eigenvalue weighted by Gasteiger charge is -2.54. The van der Waals surface area contributed by atoms with E-state index in [1.165, 1.54) is 32.1 Å². The van der Waals surface area contributed by atoms with Crippen LogP contribution < -0.4 is 5.32 Å². The summed E-state index contributed by atoms with van der Waals surface area (Å²) in [5.41, 5.74) is 0.520.